The molecule has 0 amide bonds. The highest BCUT2D eigenvalue weighted by molar-refractivity contribution is 6.31. The molecule has 0 saturated carbocycles. The lowest BCUT2D eigenvalue weighted by molar-refractivity contribution is 0.306. The van der Waals surface area contributed by atoms with Gasteiger partial charge in [0.25, 0.3) is 0 Å². The van der Waals surface area contributed by atoms with Crippen molar-refractivity contribution < 1.29 is 4.74 Å². The Morgan fingerprint density at radius 1 is 1.21 bits per heavy atom. The summed E-state index contributed by atoms with van der Waals surface area (Å²) in [6.45, 7) is 3.62. The predicted molar refractivity (Wildman–Crippen MR) is 79.0 cm³/mol. The Kier molecular flexibility index (Phi) is 4.63. The number of rotatable bonds is 5. The first-order valence-electron chi connectivity index (χ1n) is 6.23. The third-order valence-electron chi connectivity index (χ3n) is 2.98. The van der Waals surface area contributed by atoms with Gasteiger partial charge in [-0.25, -0.2) is 0 Å². The summed E-state index contributed by atoms with van der Waals surface area (Å²) in [7, 11) is 2.07. The van der Waals surface area contributed by atoms with Crippen LogP contribution in [0.15, 0.2) is 42.7 Å². The lowest BCUT2D eigenvalue weighted by Crippen LogP contribution is -2.15. The zero-order chi connectivity index (χ0) is 13.7. The lowest BCUT2D eigenvalue weighted by Gasteiger charge is -2.17. The monoisotopic (exact) mass is 276 g/mol. The molecule has 0 bridgehead atoms. The van der Waals surface area contributed by atoms with Gasteiger partial charge in [0.05, 0.1) is 0 Å². The summed E-state index contributed by atoms with van der Waals surface area (Å²) in [4.78, 5) is 6.11. The van der Waals surface area contributed by atoms with Crippen LogP contribution in [0.2, 0.25) is 5.02 Å². The zero-order valence-corrected chi connectivity index (χ0v) is 11.9. The van der Waals surface area contributed by atoms with Crippen LogP contribution in [-0.4, -0.2) is 18.6 Å². The van der Waals surface area contributed by atoms with Crippen molar-refractivity contribution in [3.63, 3.8) is 0 Å². The summed E-state index contributed by atoms with van der Waals surface area (Å²) in [5.41, 5.74) is 2.31. The first-order valence-corrected chi connectivity index (χ1v) is 6.61. The van der Waals surface area contributed by atoms with Crippen molar-refractivity contribution in [1.82, 2.24) is 4.98 Å². The topological polar surface area (TPSA) is 25.4 Å². The molecule has 1 aromatic carbocycles. The number of hydrogen-bond acceptors (Lipinski definition) is 3. The van der Waals surface area contributed by atoms with Crippen LogP contribution in [0.3, 0.4) is 0 Å². The van der Waals surface area contributed by atoms with Crippen molar-refractivity contribution in [3.8, 4) is 5.75 Å². The summed E-state index contributed by atoms with van der Waals surface area (Å²) in [5, 5.41) is 0.532. The fourth-order valence-corrected chi connectivity index (χ4v) is 1.84. The first-order chi connectivity index (χ1) is 9.20. The van der Waals surface area contributed by atoms with Gasteiger partial charge in [-0.3, -0.25) is 4.98 Å². The molecule has 0 unspecified atom stereocenters. The largest absolute Gasteiger partial charge is 0.487 e. The van der Waals surface area contributed by atoms with Gasteiger partial charge >= 0.3 is 0 Å². The number of nitrogens with zero attached hydrogens (tertiary/aromatic N) is 2. The maximum Gasteiger partial charge on any atom is 0.141 e. The van der Waals surface area contributed by atoms with Gasteiger partial charge in [0.15, 0.2) is 0 Å². The molecule has 19 heavy (non-hydrogen) atoms. The second-order valence-electron chi connectivity index (χ2n) is 4.28. The van der Waals surface area contributed by atoms with E-state index in [9.17, 15) is 0 Å². The molecule has 0 fully saturated rings. The van der Waals surface area contributed by atoms with E-state index in [4.69, 9.17) is 16.3 Å². The van der Waals surface area contributed by atoms with Crippen molar-refractivity contribution in [2.75, 3.05) is 18.5 Å². The van der Waals surface area contributed by atoms with Crippen molar-refractivity contribution in [3.05, 3.63) is 53.3 Å². The summed E-state index contributed by atoms with van der Waals surface area (Å²) in [6, 6.07) is 10.1. The molecule has 0 atom stereocenters. The number of halogens is 1. The van der Waals surface area contributed by atoms with E-state index >= 15 is 0 Å². The van der Waals surface area contributed by atoms with E-state index in [1.807, 2.05) is 0 Å². The van der Waals surface area contributed by atoms with Crippen molar-refractivity contribution >= 4 is 17.3 Å². The molecule has 0 N–H and O–H groups in total. The molecule has 2 aromatic rings. The summed E-state index contributed by atoms with van der Waals surface area (Å²) >= 11 is 5.98. The summed E-state index contributed by atoms with van der Waals surface area (Å²) < 4.78 is 5.66. The molecule has 1 aromatic heterocycles. The Bertz CT molecular complexity index is 528. The second kappa shape index (κ2) is 6.43. The number of anilines is 1. The smallest absolute Gasteiger partial charge is 0.141 e. The molecular formula is C15H17ClN2O. The van der Waals surface area contributed by atoms with Crippen LogP contribution in [-0.2, 0) is 6.61 Å². The van der Waals surface area contributed by atoms with Gasteiger partial charge in [-0.1, -0.05) is 23.7 Å². The van der Waals surface area contributed by atoms with Crippen molar-refractivity contribution in [2.24, 2.45) is 0 Å². The van der Waals surface area contributed by atoms with Crippen LogP contribution >= 0.6 is 11.6 Å². The van der Waals surface area contributed by atoms with Crippen LogP contribution in [0.1, 0.15) is 12.5 Å². The minimum absolute atomic E-state index is 0.500. The van der Waals surface area contributed by atoms with Gasteiger partial charge in [-0.2, -0.15) is 0 Å². The van der Waals surface area contributed by atoms with Crippen LogP contribution in [0.5, 0.6) is 5.75 Å². The Hall–Kier alpha value is -1.74. The number of hydrogen-bond donors (Lipinski definition) is 0. The van der Waals surface area contributed by atoms with Crippen LogP contribution in [0.4, 0.5) is 5.69 Å². The maximum absolute atomic E-state index is 5.98. The van der Waals surface area contributed by atoms with Gasteiger partial charge in [-0.15, -0.1) is 0 Å². The molecule has 1 heterocycles. The molecule has 0 saturated heterocycles. The summed E-state index contributed by atoms with van der Waals surface area (Å²) in [5.74, 6) is 0.659. The quantitative estimate of drug-likeness (QED) is 0.831. The fraction of sp³-hybridized carbons (Fsp3) is 0.267. The van der Waals surface area contributed by atoms with Crippen LogP contribution in [0.25, 0.3) is 0 Å². The molecule has 0 aliphatic heterocycles. The highest BCUT2D eigenvalue weighted by atomic mass is 35.5. The Labute approximate surface area is 118 Å². The number of pyridine rings is 1. The SMILES string of the molecule is CCN(C)c1ccc(COc2ccncc2Cl)cc1. The standard InChI is InChI=1S/C15H17ClN2O/c1-3-18(2)13-6-4-12(5-7-13)11-19-15-8-9-17-10-14(15)16/h4-10H,3,11H2,1-2H3. The molecular weight excluding hydrogens is 260 g/mol. The predicted octanol–water partition coefficient (Wildman–Crippen LogP) is 3.77. The highest BCUT2D eigenvalue weighted by Gasteiger charge is 2.02. The molecule has 4 heteroatoms. The highest BCUT2D eigenvalue weighted by Crippen LogP contribution is 2.23. The second-order valence-corrected chi connectivity index (χ2v) is 4.68. The average molecular weight is 277 g/mol. The third kappa shape index (κ3) is 3.61. The Morgan fingerprint density at radius 3 is 2.58 bits per heavy atom. The van der Waals surface area contributed by atoms with Crippen molar-refractivity contribution in [2.45, 2.75) is 13.5 Å². The van der Waals surface area contributed by atoms with Gasteiger partial charge < -0.3 is 9.64 Å². The molecule has 0 spiro atoms. The normalized spacial score (nSPS) is 10.3. The van der Waals surface area contributed by atoms with E-state index in [1.165, 1.54) is 5.69 Å². The number of ether oxygens (including phenoxy) is 1. The maximum atomic E-state index is 5.98. The third-order valence-corrected chi connectivity index (χ3v) is 3.26. The molecule has 3 nitrogen and oxygen atoms in total. The van der Waals surface area contributed by atoms with Gasteiger partial charge in [0, 0.05) is 37.7 Å². The van der Waals surface area contributed by atoms with E-state index in [1.54, 1.807) is 18.5 Å². The van der Waals surface area contributed by atoms with Gasteiger partial charge in [0.1, 0.15) is 17.4 Å². The molecule has 0 aliphatic rings. The molecule has 0 radical (unpaired) electrons. The first kappa shape index (κ1) is 13.7. The number of benzene rings is 1. The van der Waals surface area contributed by atoms with Gasteiger partial charge in [-0.05, 0) is 24.6 Å². The Balaban J connectivity index is 1.99. The number of aromatic nitrogens is 1. The lowest BCUT2D eigenvalue weighted by atomic mass is 10.2. The fourth-order valence-electron chi connectivity index (χ4n) is 1.67. The molecule has 2 rings (SSSR count). The zero-order valence-electron chi connectivity index (χ0n) is 11.1. The minimum Gasteiger partial charge on any atom is -0.487 e. The van der Waals surface area contributed by atoms with Crippen LogP contribution in [0, 0.1) is 0 Å². The van der Waals surface area contributed by atoms with E-state index in [2.05, 4.69) is 48.1 Å². The molecule has 0 aliphatic carbocycles. The summed E-state index contributed by atoms with van der Waals surface area (Å²) in [6.07, 6.45) is 3.25. The molecule has 100 valence electrons. The van der Waals surface area contributed by atoms with E-state index in [0.717, 1.165) is 12.1 Å². The average Bonchev–Trinajstić information content (AvgIpc) is 2.46. The van der Waals surface area contributed by atoms with Crippen molar-refractivity contribution in [1.29, 1.82) is 0 Å². The van der Waals surface area contributed by atoms with E-state index in [-0.39, 0.29) is 0 Å². The Morgan fingerprint density at radius 2 is 1.95 bits per heavy atom. The minimum atomic E-state index is 0.500. The van der Waals surface area contributed by atoms with Crippen LogP contribution < -0.4 is 9.64 Å². The van der Waals surface area contributed by atoms with E-state index in [0.29, 0.717) is 17.4 Å². The van der Waals surface area contributed by atoms with E-state index < -0.39 is 0 Å². The van der Waals surface area contributed by atoms with Gasteiger partial charge in [0.2, 0.25) is 0 Å².